The Balaban J connectivity index is 2.52. The number of methoxy groups -OCH3 is 1. The zero-order chi connectivity index (χ0) is 15.3. The van der Waals surface area contributed by atoms with Gasteiger partial charge in [-0.1, -0.05) is 0 Å². The molecule has 1 aliphatic heterocycles. The van der Waals surface area contributed by atoms with Gasteiger partial charge in [-0.3, -0.25) is 9.10 Å². The minimum absolute atomic E-state index is 0.0194. The van der Waals surface area contributed by atoms with Gasteiger partial charge in [-0.15, -0.1) is 0 Å². The molecule has 0 aromatic rings. The van der Waals surface area contributed by atoms with E-state index in [-0.39, 0.29) is 22.8 Å². The molecule has 1 heterocycles. The molecule has 0 spiro atoms. The van der Waals surface area contributed by atoms with Crippen molar-refractivity contribution in [2.24, 2.45) is 5.92 Å². The lowest BCUT2D eigenvalue weighted by molar-refractivity contribution is -0.144. The van der Waals surface area contributed by atoms with Crippen LogP contribution in [0.4, 0.5) is 13.2 Å². The zero-order valence-electron chi connectivity index (χ0n) is 10.2. The van der Waals surface area contributed by atoms with Gasteiger partial charge >= 0.3 is 21.5 Å². The number of sulfonamides is 1. The van der Waals surface area contributed by atoms with Crippen LogP contribution in [0, 0.1) is 5.92 Å². The molecule has 2 rings (SSSR count). The summed E-state index contributed by atoms with van der Waals surface area (Å²) in [4.78, 5) is 22.7. The molecule has 1 fully saturated rings. The highest BCUT2D eigenvalue weighted by Gasteiger charge is 2.58. The molecule has 112 valence electrons. The first-order valence-corrected chi connectivity index (χ1v) is 6.96. The Kier molecular flexibility index (Phi) is 3.31. The SMILES string of the molecule is COC(=O)[C@@H]1C[C@@H]2CC(=O)C=C2N1S(=O)(=O)C(F)(F)F. The van der Waals surface area contributed by atoms with Gasteiger partial charge in [0.1, 0.15) is 6.04 Å². The Labute approximate surface area is 112 Å². The average molecular weight is 313 g/mol. The van der Waals surface area contributed by atoms with Crippen LogP contribution in [0.25, 0.3) is 0 Å². The van der Waals surface area contributed by atoms with E-state index in [2.05, 4.69) is 4.74 Å². The van der Waals surface area contributed by atoms with Crippen LogP contribution in [0.2, 0.25) is 0 Å². The van der Waals surface area contributed by atoms with E-state index < -0.39 is 39.2 Å². The van der Waals surface area contributed by atoms with Gasteiger partial charge in [0.15, 0.2) is 5.78 Å². The van der Waals surface area contributed by atoms with E-state index in [4.69, 9.17) is 0 Å². The second kappa shape index (κ2) is 4.47. The molecule has 1 aliphatic carbocycles. The van der Waals surface area contributed by atoms with Crippen molar-refractivity contribution in [3.8, 4) is 0 Å². The molecule has 0 amide bonds. The summed E-state index contributed by atoms with van der Waals surface area (Å²) in [6.45, 7) is 0. The van der Waals surface area contributed by atoms with Crippen LogP contribution < -0.4 is 0 Å². The number of ketones is 1. The first-order chi connectivity index (χ1) is 9.09. The molecule has 2 atom stereocenters. The summed E-state index contributed by atoms with van der Waals surface area (Å²) in [5.74, 6) is -2.25. The second-order valence-electron chi connectivity index (χ2n) is 4.46. The number of fused-ring (bicyclic) bond motifs is 1. The van der Waals surface area contributed by atoms with Crippen LogP contribution in [0.15, 0.2) is 11.8 Å². The fourth-order valence-electron chi connectivity index (χ4n) is 2.43. The smallest absolute Gasteiger partial charge is 0.467 e. The number of esters is 1. The number of alkyl halides is 3. The lowest BCUT2D eigenvalue weighted by Gasteiger charge is -2.26. The Hall–Kier alpha value is -1.58. The number of nitrogens with zero attached hydrogens (tertiary/aromatic N) is 1. The van der Waals surface area contributed by atoms with E-state index in [0.717, 1.165) is 13.2 Å². The molecule has 0 N–H and O–H groups in total. The number of carbonyl (C=O) groups is 2. The maximum atomic E-state index is 12.7. The van der Waals surface area contributed by atoms with E-state index in [1.54, 1.807) is 0 Å². The Bertz CT molecular complexity index is 595. The monoisotopic (exact) mass is 313 g/mol. The third-order valence-electron chi connectivity index (χ3n) is 3.24. The van der Waals surface area contributed by atoms with Crippen molar-refractivity contribution in [2.45, 2.75) is 24.4 Å². The average Bonchev–Trinajstić information content (AvgIpc) is 2.81. The van der Waals surface area contributed by atoms with E-state index in [1.165, 1.54) is 0 Å². The fourth-order valence-corrected chi connectivity index (χ4v) is 3.64. The van der Waals surface area contributed by atoms with E-state index in [9.17, 15) is 31.2 Å². The topological polar surface area (TPSA) is 80.8 Å². The van der Waals surface area contributed by atoms with Crippen LogP contribution in [0.5, 0.6) is 0 Å². The lowest BCUT2D eigenvalue weighted by Crippen LogP contribution is -2.46. The lowest BCUT2D eigenvalue weighted by atomic mass is 10.0. The summed E-state index contributed by atoms with van der Waals surface area (Å²) in [5, 5.41) is 0. The van der Waals surface area contributed by atoms with Crippen molar-refractivity contribution in [1.82, 2.24) is 4.31 Å². The number of hydrogen-bond acceptors (Lipinski definition) is 5. The normalized spacial score (nSPS) is 26.5. The molecular weight excluding hydrogens is 303 g/mol. The van der Waals surface area contributed by atoms with Gasteiger partial charge in [0.05, 0.1) is 7.11 Å². The number of allylic oxidation sites excluding steroid dienone is 2. The molecule has 0 bridgehead atoms. The van der Waals surface area contributed by atoms with Gasteiger partial charge in [0.25, 0.3) is 0 Å². The van der Waals surface area contributed by atoms with E-state index >= 15 is 0 Å². The second-order valence-corrected chi connectivity index (χ2v) is 6.26. The molecule has 0 aromatic heterocycles. The fraction of sp³-hybridized carbons (Fsp3) is 0.600. The number of carbonyl (C=O) groups excluding carboxylic acids is 2. The van der Waals surface area contributed by atoms with Gasteiger partial charge in [0.2, 0.25) is 0 Å². The number of halogens is 3. The van der Waals surface area contributed by atoms with Gasteiger partial charge in [-0.05, 0) is 6.42 Å². The van der Waals surface area contributed by atoms with Crippen LogP contribution in [0.1, 0.15) is 12.8 Å². The summed E-state index contributed by atoms with van der Waals surface area (Å²) < 4.78 is 65.5. The number of ether oxygens (including phenoxy) is 1. The van der Waals surface area contributed by atoms with E-state index in [1.807, 2.05) is 0 Å². The molecule has 6 nitrogen and oxygen atoms in total. The highest BCUT2D eigenvalue weighted by atomic mass is 32.2. The van der Waals surface area contributed by atoms with Crippen LogP contribution >= 0.6 is 0 Å². The highest BCUT2D eigenvalue weighted by molar-refractivity contribution is 7.90. The van der Waals surface area contributed by atoms with Crippen molar-refractivity contribution in [2.75, 3.05) is 7.11 Å². The molecule has 0 aromatic carbocycles. The first kappa shape index (κ1) is 14.8. The Morgan fingerprint density at radius 3 is 2.55 bits per heavy atom. The molecular formula is C10H10F3NO5S. The summed E-state index contributed by atoms with van der Waals surface area (Å²) in [6.07, 6.45) is 0.545. The van der Waals surface area contributed by atoms with Crippen LogP contribution in [-0.2, 0) is 24.3 Å². The Morgan fingerprint density at radius 1 is 1.45 bits per heavy atom. The number of hydrogen-bond donors (Lipinski definition) is 0. The summed E-state index contributed by atoms with van der Waals surface area (Å²) >= 11 is 0. The van der Waals surface area contributed by atoms with Gasteiger partial charge < -0.3 is 4.74 Å². The Morgan fingerprint density at radius 2 is 2.05 bits per heavy atom. The molecule has 20 heavy (non-hydrogen) atoms. The molecule has 0 unspecified atom stereocenters. The summed E-state index contributed by atoms with van der Waals surface area (Å²) in [6, 6.07) is -1.59. The first-order valence-electron chi connectivity index (χ1n) is 5.52. The van der Waals surface area contributed by atoms with Crippen molar-refractivity contribution in [3.05, 3.63) is 11.8 Å². The van der Waals surface area contributed by atoms with Crippen molar-refractivity contribution in [1.29, 1.82) is 0 Å². The summed E-state index contributed by atoms with van der Waals surface area (Å²) in [5.41, 5.74) is -5.84. The minimum Gasteiger partial charge on any atom is -0.467 e. The minimum atomic E-state index is -5.75. The maximum absolute atomic E-state index is 12.7. The van der Waals surface area contributed by atoms with Crippen LogP contribution in [-0.4, -0.2) is 43.1 Å². The third kappa shape index (κ3) is 2.07. The largest absolute Gasteiger partial charge is 0.516 e. The maximum Gasteiger partial charge on any atom is 0.516 e. The predicted octanol–water partition coefficient (Wildman–Crippen LogP) is 0.556. The van der Waals surface area contributed by atoms with Crippen molar-refractivity contribution >= 4 is 21.8 Å². The van der Waals surface area contributed by atoms with Gasteiger partial charge in [-0.2, -0.15) is 21.6 Å². The summed E-state index contributed by atoms with van der Waals surface area (Å²) in [7, 11) is -4.79. The van der Waals surface area contributed by atoms with E-state index in [0.29, 0.717) is 0 Å². The molecule has 10 heteroatoms. The molecule has 0 radical (unpaired) electrons. The highest BCUT2D eigenvalue weighted by Crippen LogP contribution is 2.45. The molecule has 0 saturated carbocycles. The van der Waals surface area contributed by atoms with Crippen molar-refractivity contribution < 1.29 is 35.9 Å². The van der Waals surface area contributed by atoms with Gasteiger partial charge in [-0.25, -0.2) is 4.79 Å². The van der Waals surface area contributed by atoms with Crippen LogP contribution in [0.3, 0.4) is 0 Å². The molecule has 2 aliphatic rings. The van der Waals surface area contributed by atoms with Gasteiger partial charge in [0, 0.05) is 24.1 Å². The molecule has 1 saturated heterocycles. The predicted molar refractivity (Wildman–Crippen MR) is 58.4 cm³/mol. The quantitative estimate of drug-likeness (QED) is 0.696. The zero-order valence-corrected chi connectivity index (χ0v) is 11.0. The van der Waals surface area contributed by atoms with Crippen molar-refractivity contribution in [3.63, 3.8) is 0 Å². The number of rotatable bonds is 2. The third-order valence-corrected chi connectivity index (χ3v) is 4.81. The standard InChI is InChI=1S/C10H10F3NO5S/c1-19-9(16)8-3-5-2-6(15)4-7(5)14(8)20(17,18)10(11,12)13/h4-5,8H,2-3H2,1H3/t5-,8-/m0/s1.